The Bertz CT molecular complexity index is 947. The first-order valence-electron chi connectivity index (χ1n) is 11.4. The lowest BCUT2D eigenvalue weighted by Crippen LogP contribution is -2.49. The van der Waals surface area contributed by atoms with Gasteiger partial charge in [-0.2, -0.15) is 0 Å². The van der Waals surface area contributed by atoms with Crippen molar-refractivity contribution in [1.29, 1.82) is 0 Å². The van der Waals surface area contributed by atoms with Gasteiger partial charge in [0.05, 0.1) is 5.92 Å². The van der Waals surface area contributed by atoms with Crippen molar-refractivity contribution in [2.24, 2.45) is 11.3 Å². The molecule has 0 aromatic heterocycles. The molecule has 2 fully saturated rings. The Balaban J connectivity index is 1.24. The summed E-state index contributed by atoms with van der Waals surface area (Å²) in [6, 6.07) is 16.7. The van der Waals surface area contributed by atoms with Crippen LogP contribution in [0.15, 0.2) is 48.5 Å². The Morgan fingerprint density at radius 3 is 2.16 bits per heavy atom. The number of aliphatic carboxylic acids is 1. The fraction of sp³-hybridized carbons (Fsp3) is 0.462. The Hall–Kier alpha value is -2.82. The monoisotopic (exact) mass is 419 g/mol. The van der Waals surface area contributed by atoms with Crippen LogP contribution in [0, 0.1) is 11.3 Å². The maximum atomic E-state index is 12.9. The summed E-state index contributed by atoms with van der Waals surface area (Å²) in [7, 11) is 0. The molecule has 5 heteroatoms. The van der Waals surface area contributed by atoms with Crippen molar-refractivity contribution in [2.75, 3.05) is 19.7 Å². The van der Waals surface area contributed by atoms with Crippen molar-refractivity contribution in [2.45, 2.75) is 44.4 Å². The molecule has 1 saturated carbocycles. The number of rotatable bonds is 3. The highest BCUT2D eigenvalue weighted by Gasteiger charge is 2.47. The largest absolute Gasteiger partial charge is 0.481 e. The molecule has 162 valence electrons. The minimum Gasteiger partial charge on any atom is -0.481 e. The molecule has 2 aliphatic carbocycles. The molecule has 1 aliphatic heterocycles. The first kappa shape index (κ1) is 20.1. The Kier molecular flexibility index (Phi) is 5.20. The van der Waals surface area contributed by atoms with Crippen molar-refractivity contribution >= 4 is 12.1 Å². The second kappa shape index (κ2) is 8.03. The zero-order chi connectivity index (χ0) is 21.4. The van der Waals surface area contributed by atoms with Crippen molar-refractivity contribution < 1.29 is 19.4 Å². The van der Waals surface area contributed by atoms with Crippen LogP contribution in [0.3, 0.4) is 0 Å². The molecule has 0 radical (unpaired) electrons. The third-order valence-corrected chi connectivity index (χ3v) is 7.81. The summed E-state index contributed by atoms with van der Waals surface area (Å²) in [6.07, 6.45) is 5.05. The van der Waals surface area contributed by atoms with Crippen LogP contribution in [0.2, 0.25) is 0 Å². The van der Waals surface area contributed by atoms with E-state index in [0.29, 0.717) is 19.7 Å². The predicted octanol–water partition coefficient (Wildman–Crippen LogP) is 5.29. The van der Waals surface area contributed by atoms with E-state index in [1.54, 1.807) is 4.90 Å². The average molecular weight is 420 g/mol. The quantitative estimate of drug-likeness (QED) is 0.734. The topological polar surface area (TPSA) is 66.8 Å². The SMILES string of the molecule is O=C(O)C1CCCCC12CCN(C(=O)OCC1c3ccccc3-c3ccccc31)CC2. The van der Waals surface area contributed by atoms with Crippen LogP contribution < -0.4 is 0 Å². The molecule has 5 rings (SSSR count). The summed E-state index contributed by atoms with van der Waals surface area (Å²) in [5.41, 5.74) is 4.71. The Labute approximate surface area is 183 Å². The van der Waals surface area contributed by atoms with Crippen molar-refractivity contribution in [3.8, 4) is 11.1 Å². The molecular formula is C26H29NO4. The van der Waals surface area contributed by atoms with Gasteiger partial charge in [-0.1, -0.05) is 61.4 Å². The third-order valence-electron chi connectivity index (χ3n) is 7.81. The lowest BCUT2D eigenvalue weighted by molar-refractivity contribution is -0.150. The summed E-state index contributed by atoms with van der Waals surface area (Å²) in [5, 5.41) is 9.69. The van der Waals surface area contributed by atoms with Gasteiger partial charge in [-0.15, -0.1) is 0 Å². The Morgan fingerprint density at radius 2 is 1.55 bits per heavy atom. The van der Waals surface area contributed by atoms with Crippen LogP contribution in [0.4, 0.5) is 4.79 Å². The lowest BCUT2D eigenvalue weighted by atomic mass is 9.61. The second-order valence-electron chi connectivity index (χ2n) is 9.29. The van der Waals surface area contributed by atoms with Gasteiger partial charge in [-0.05, 0) is 53.4 Å². The third kappa shape index (κ3) is 3.50. The molecular weight excluding hydrogens is 390 g/mol. The van der Waals surface area contributed by atoms with E-state index in [9.17, 15) is 14.7 Å². The van der Waals surface area contributed by atoms with E-state index in [-0.39, 0.29) is 23.3 Å². The normalized spacial score (nSPS) is 22.1. The lowest BCUT2D eigenvalue weighted by Gasteiger charge is -2.47. The number of hydrogen-bond acceptors (Lipinski definition) is 3. The van der Waals surface area contributed by atoms with Gasteiger partial charge in [0.25, 0.3) is 0 Å². The minimum absolute atomic E-state index is 0.0576. The minimum atomic E-state index is -0.672. The standard InChI is InChI=1S/C26H29NO4/c28-24(29)23-11-5-6-12-26(23)13-15-27(16-14-26)25(30)31-17-22-20-9-3-1-7-18(20)19-8-2-4-10-21(19)22/h1-4,7-10,22-23H,5-6,11-17H2,(H,28,29). The van der Waals surface area contributed by atoms with Crippen molar-refractivity contribution in [3.63, 3.8) is 0 Å². The average Bonchev–Trinajstić information content (AvgIpc) is 3.12. The van der Waals surface area contributed by atoms with E-state index in [4.69, 9.17) is 4.74 Å². The van der Waals surface area contributed by atoms with E-state index < -0.39 is 5.97 Å². The maximum absolute atomic E-state index is 12.9. The van der Waals surface area contributed by atoms with E-state index in [1.807, 2.05) is 24.3 Å². The van der Waals surface area contributed by atoms with Crippen LogP contribution in [-0.4, -0.2) is 41.8 Å². The van der Waals surface area contributed by atoms with E-state index in [0.717, 1.165) is 38.5 Å². The number of carboxylic acid groups (broad SMARTS) is 1. The summed E-state index contributed by atoms with van der Waals surface area (Å²) in [4.78, 5) is 26.4. The Morgan fingerprint density at radius 1 is 0.935 bits per heavy atom. The van der Waals surface area contributed by atoms with Gasteiger partial charge in [0.15, 0.2) is 0 Å². The van der Waals surface area contributed by atoms with Gasteiger partial charge in [-0.25, -0.2) is 4.79 Å². The molecule has 1 heterocycles. The summed E-state index contributed by atoms with van der Waals surface area (Å²) >= 11 is 0. The van der Waals surface area contributed by atoms with E-state index in [1.165, 1.54) is 22.3 Å². The van der Waals surface area contributed by atoms with Gasteiger partial charge in [0, 0.05) is 19.0 Å². The number of piperidine rings is 1. The molecule has 2 aromatic rings. The molecule has 0 bridgehead atoms. The number of benzene rings is 2. The molecule has 1 atom stereocenters. The second-order valence-corrected chi connectivity index (χ2v) is 9.29. The highest BCUT2D eigenvalue weighted by Crippen LogP contribution is 2.49. The predicted molar refractivity (Wildman–Crippen MR) is 118 cm³/mol. The highest BCUT2D eigenvalue weighted by molar-refractivity contribution is 5.79. The van der Waals surface area contributed by atoms with Gasteiger partial charge < -0.3 is 14.7 Å². The van der Waals surface area contributed by atoms with Crippen LogP contribution in [0.5, 0.6) is 0 Å². The van der Waals surface area contributed by atoms with Crippen molar-refractivity contribution in [3.05, 3.63) is 59.7 Å². The van der Waals surface area contributed by atoms with Crippen LogP contribution in [0.1, 0.15) is 55.6 Å². The molecule has 1 amide bonds. The molecule has 31 heavy (non-hydrogen) atoms. The highest BCUT2D eigenvalue weighted by atomic mass is 16.6. The summed E-state index contributed by atoms with van der Waals surface area (Å²) in [6.45, 7) is 1.49. The van der Waals surface area contributed by atoms with Gasteiger partial charge in [0.1, 0.15) is 6.61 Å². The zero-order valence-corrected chi connectivity index (χ0v) is 17.8. The smallest absolute Gasteiger partial charge is 0.409 e. The molecule has 1 saturated heterocycles. The zero-order valence-electron chi connectivity index (χ0n) is 17.8. The number of ether oxygens (including phenoxy) is 1. The van der Waals surface area contributed by atoms with Gasteiger partial charge >= 0.3 is 12.1 Å². The molecule has 2 aromatic carbocycles. The first-order valence-corrected chi connectivity index (χ1v) is 11.4. The van der Waals surface area contributed by atoms with Crippen LogP contribution in [0.25, 0.3) is 11.1 Å². The van der Waals surface area contributed by atoms with Crippen LogP contribution in [-0.2, 0) is 9.53 Å². The molecule has 3 aliphatic rings. The summed E-state index contributed by atoms with van der Waals surface area (Å²) in [5.74, 6) is -0.887. The number of fused-ring (bicyclic) bond motifs is 3. The molecule has 5 nitrogen and oxygen atoms in total. The fourth-order valence-corrected chi connectivity index (χ4v) is 6.11. The van der Waals surface area contributed by atoms with E-state index in [2.05, 4.69) is 24.3 Å². The van der Waals surface area contributed by atoms with Gasteiger partial charge in [-0.3, -0.25) is 4.79 Å². The maximum Gasteiger partial charge on any atom is 0.409 e. The number of likely N-dealkylation sites (tertiary alicyclic amines) is 1. The van der Waals surface area contributed by atoms with Gasteiger partial charge in [0.2, 0.25) is 0 Å². The summed E-state index contributed by atoms with van der Waals surface area (Å²) < 4.78 is 5.80. The van der Waals surface area contributed by atoms with Crippen LogP contribution >= 0.6 is 0 Å². The number of carboxylic acids is 1. The number of nitrogens with zero attached hydrogens (tertiary/aromatic N) is 1. The molecule has 1 spiro atoms. The molecule has 1 N–H and O–H groups in total. The first-order chi connectivity index (χ1) is 15.1. The number of carbonyl (C=O) groups excluding carboxylic acids is 1. The van der Waals surface area contributed by atoms with E-state index >= 15 is 0 Å². The number of hydrogen-bond donors (Lipinski definition) is 1. The number of carbonyl (C=O) groups is 2. The molecule has 1 unspecified atom stereocenters. The van der Waals surface area contributed by atoms with Crippen molar-refractivity contribution in [1.82, 2.24) is 4.90 Å². The fourth-order valence-electron chi connectivity index (χ4n) is 6.11. The number of amides is 1.